The highest BCUT2D eigenvalue weighted by molar-refractivity contribution is 5.30. The first kappa shape index (κ1) is 11.6. The maximum Gasteiger partial charge on any atom is 0.0445 e. The Labute approximate surface area is 97.7 Å². The lowest BCUT2D eigenvalue weighted by molar-refractivity contribution is 0.260. The average Bonchev–Trinajstić information content (AvgIpc) is 2.29. The number of aliphatic hydroxyl groups excluding tert-OH is 1. The van der Waals surface area contributed by atoms with Gasteiger partial charge >= 0.3 is 0 Å². The van der Waals surface area contributed by atoms with E-state index in [9.17, 15) is 0 Å². The Hall–Kier alpha value is -0.860. The smallest absolute Gasteiger partial charge is 0.0445 e. The van der Waals surface area contributed by atoms with Gasteiger partial charge in [-0.2, -0.15) is 0 Å². The molecular weight excluding hydrogens is 198 g/mol. The van der Waals surface area contributed by atoms with E-state index in [1.165, 1.54) is 24.0 Å². The van der Waals surface area contributed by atoms with E-state index in [1.807, 2.05) is 0 Å². The molecule has 0 aliphatic heterocycles. The van der Waals surface area contributed by atoms with E-state index in [0.29, 0.717) is 12.1 Å². The first-order chi connectivity index (χ1) is 7.79. The van der Waals surface area contributed by atoms with E-state index in [-0.39, 0.29) is 6.61 Å². The van der Waals surface area contributed by atoms with E-state index < -0.39 is 0 Å². The minimum absolute atomic E-state index is 0.275. The molecule has 1 aliphatic carbocycles. The summed E-state index contributed by atoms with van der Waals surface area (Å²) in [6, 6.07) is 9.72. The normalized spacial score (nSPS) is 21.5. The molecular formula is C14H21NO. The van der Waals surface area contributed by atoms with Gasteiger partial charge in [-0.25, -0.2) is 0 Å². The van der Waals surface area contributed by atoms with Crippen molar-refractivity contribution in [2.45, 2.75) is 44.7 Å². The Bertz CT molecular complexity index is 337. The molecule has 16 heavy (non-hydrogen) atoms. The molecule has 0 amide bonds. The van der Waals surface area contributed by atoms with Crippen LogP contribution in [-0.2, 0) is 12.8 Å². The standard InChI is InChI=1S/C14H21NO/c1-11(8-9-16)15-14-7-6-12-4-2-3-5-13(12)10-14/h2-5,11,14-16H,6-10H2,1H3. The molecule has 1 aliphatic rings. The first-order valence-corrected chi connectivity index (χ1v) is 6.23. The Balaban J connectivity index is 1.92. The van der Waals surface area contributed by atoms with Crippen molar-refractivity contribution in [2.24, 2.45) is 0 Å². The van der Waals surface area contributed by atoms with Gasteiger partial charge in [-0.1, -0.05) is 24.3 Å². The van der Waals surface area contributed by atoms with Crippen LogP contribution in [0, 0.1) is 0 Å². The van der Waals surface area contributed by atoms with E-state index >= 15 is 0 Å². The second-order valence-electron chi connectivity index (χ2n) is 4.79. The average molecular weight is 219 g/mol. The summed E-state index contributed by atoms with van der Waals surface area (Å²) < 4.78 is 0. The summed E-state index contributed by atoms with van der Waals surface area (Å²) in [4.78, 5) is 0. The van der Waals surface area contributed by atoms with Crippen LogP contribution in [0.3, 0.4) is 0 Å². The molecule has 1 aromatic rings. The van der Waals surface area contributed by atoms with Crippen molar-refractivity contribution in [1.82, 2.24) is 5.32 Å². The largest absolute Gasteiger partial charge is 0.396 e. The molecule has 2 atom stereocenters. The van der Waals surface area contributed by atoms with E-state index in [2.05, 4.69) is 36.5 Å². The lowest BCUT2D eigenvalue weighted by Gasteiger charge is -2.28. The lowest BCUT2D eigenvalue weighted by atomic mass is 9.88. The van der Waals surface area contributed by atoms with Crippen LogP contribution in [0.15, 0.2) is 24.3 Å². The minimum atomic E-state index is 0.275. The lowest BCUT2D eigenvalue weighted by Crippen LogP contribution is -2.40. The number of hydrogen-bond donors (Lipinski definition) is 2. The van der Waals surface area contributed by atoms with Crippen molar-refractivity contribution >= 4 is 0 Å². The van der Waals surface area contributed by atoms with Crippen LogP contribution >= 0.6 is 0 Å². The van der Waals surface area contributed by atoms with Gasteiger partial charge in [0.1, 0.15) is 0 Å². The van der Waals surface area contributed by atoms with Crippen molar-refractivity contribution in [2.75, 3.05) is 6.61 Å². The van der Waals surface area contributed by atoms with Crippen molar-refractivity contribution in [1.29, 1.82) is 0 Å². The third-order valence-electron chi connectivity index (χ3n) is 3.43. The van der Waals surface area contributed by atoms with Gasteiger partial charge in [0.2, 0.25) is 0 Å². The van der Waals surface area contributed by atoms with Gasteiger partial charge in [0.15, 0.2) is 0 Å². The topological polar surface area (TPSA) is 32.3 Å². The summed E-state index contributed by atoms with van der Waals surface area (Å²) in [5, 5.41) is 12.5. The Morgan fingerprint density at radius 3 is 2.88 bits per heavy atom. The number of fused-ring (bicyclic) bond motifs is 1. The van der Waals surface area contributed by atoms with E-state index in [4.69, 9.17) is 5.11 Å². The van der Waals surface area contributed by atoms with E-state index in [1.54, 1.807) is 0 Å². The molecule has 0 saturated heterocycles. The van der Waals surface area contributed by atoms with Crippen LogP contribution < -0.4 is 5.32 Å². The number of aliphatic hydroxyl groups is 1. The molecule has 0 heterocycles. The highest BCUT2D eigenvalue weighted by atomic mass is 16.3. The fourth-order valence-electron chi connectivity index (χ4n) is 2.52. The zero-order valence-corrected chi connectivity index (χ0v) is 9.95. The molecule has 2 N–H and O–H groups in total. The van der Waals surface area contributed by atoms with Crippen LogP contribution in [0.25, 0.3) is 0 Å². The summed E-state index contributed by atoms with van der Waals surface area (Å²) in [5.41, 5.74) is 3.00. The Kier molecular flexibility index (Phi) is 3.97. The number of rotatable bonds is 4. The minimum Gasteiger partial charge on any atom is -0.396 e. The molecule has 0 bridgehead atoms. The molecule has 0 fully saturated rings. The van der Waals surface area contributed by atoms with Crippen molar-refractivity contribution in [3.05, 3.63) is 35.4 Å². The van der Waals surface area contributed by atoms with Crippen molar-refractivity contribution in [3.63, 3.8) is 0 Å². The Morgan fingerprint density at radius 1 is 1.38 bits per heavy atom. The molecule has 2 heteroatoms. The van der Waals surface area contributed by atoms with Crippen molar-refractivity contribution in [3.8, 4) is 0 Å². The van der Waals surface area contributed by atoms with Crippen LogP contribution in [0.4, 0.5) is 0 Å². The van der Waals surface area contributed by atoms with Crippen LogP contribution in [0.2, 0.25) is 0 Å². The summed E-state index contributed by atoms with van der Waals surface area (Å²) in [7, 11) is 0. The van der Waals surface area contributed by atoms with Gasteiger partial charge in [-0.15, -0.1) is 0 Å². The number of aryl methyl sites for hydroxylation is 1. The monoisotopic (exact) mass is 219 g/mol. The maximum absolute atomic E-state index is 8.88. The van der Waals surface area contributed by atoms with Crippen LogP contribution in [0.5, 0.6) is 0 Å². The predicted molar refractivity (Wildman–Crippen MR) is 66.6 cm³/mol. The van der Waals surface area contributed by atoms with Crippen LogP contribution in [-0.4, -0.2) is 23.8 Å². The summed E-state index contributed by atoms with van der Waals surface area (Å²) in [5.74, 6) is 0. The summed E-state index contributed by atoms with van der Waals surface area (Å²) in [6.45, 7) is 2.42. The van der Waals surface area contributed by atoms with Crippen molar-refractivity contribution < 1.29 is 5.11 Å². The van der Waals surface area contributed by atoms with Gasteiger partial charge < -0.3 is 10.4 Å². The van der Waals surface area contributed by atoms with Gasteiger partial charge in [0.05, 0.1) is 0 Å². The number of nitrogens with one attached hydrogen (secondary N) is 1. The summed E-state index contributed by atoms with van der Waals surface area (Å²) in [6.07, 6.45) is 4.37. The zero-order valence-electron chi connectivity index (χ0n) is 9.95. The number of hydrogen-bond acceptors (Lipinski definition) is 2. The maximum atomic E-state index is 8.88. The second-order valence-corrected chi connectivity index (χ2v) is 4.79. The first-order valence-electron chi connectivity index (χ1n) is 6.23. The fraction of sp³-hybridized carbons (Fsp3) is 0.571. The molecule has 2 rings (SSSR count). The third-order valence-corrected chi connectivity index (χ3v) is 3.43. The molecule has 0 aromatic heterocycles. The SMILES string of the molecule is CC(CCO)NC1CCc2ccccc2C1. The highest BCUT2D eigenvalue weighted by Crippen LogP contribution is 2.21. The molecule has 1 aromatic carbocycles. The van der Waals surface area contributed by atoms with Crippen LogP contribution in [0.1, 0.15) is 30.9 Å². The van der Waals surface area contributed by atoms with Gasteiger partial charge in [-0.3, -0.25) is 0 Å². The predicted octanol–water partition coefficient (Wildman–Crippen LogP) is 1.90. The molecule has 2 nitrogen and oxygen atoms in total. The summed E-state index contributed by atoms with van der Waals surface area (Å²) >= 11 is 0. The Morgan fingerprint density at radius 2 is 2.12 bits per heavy atom. The van der Waals surface area contributed by atoms with Gasteiger partial charge in [0, 0.05) is 18.7 Å². The van der Waals surface area contributed by atoms with E-state index in [0.717, 1.165) is 12.8 Å². The molecule has 88 valence electrons. The van der Waals surface area contributed by atoms with Gasteiger partial charge in [0.25, 0.3) is 0 Å². The fourth-order valence-corrected chi connectivity index (χ4v) is 2.52. The molecule has 2 unspecified atom stereocenters. The second kappa shape index (κ2) is 5.46. The quantitative estimate of drug-likeness (QED) is 0.810. The molecule has 0 spiro atoms. The third kappa shape index (κ3) is 2.83. The zero-order chi connectivity index (χ0) is 11.4. The highest BCUT2D eigenvalue weighted by Gasteiger charge is 2.18. The van der Waals surface area contributed by atoms with Gasteiger partial charge in [-0.05, 0) is 43.7 Å². The number of benzene rings is 1. The molecule has 0 saturated carbocycles. The molecule has 0 radical (unpaired) electrons.